The molecule has 26 heavy (non-hydrogen) atoms. The highest BCUT2D eigenvalue weighted by atomic mass is 35.5. The van der Waals surface area contributed by atoms with Gasteiger partial charge in [0.25, 0.3) is 0 Å². The Labute approximate surface area is 160 Å². The molecule has 4 heteroatoms. The summed E-state index contributed by atoms with van der Waals surface area (Å²) < 4.78 is 11.8. The number of pyridine rings is 1. The van der Waals surface area contributed by atoms with Gasteiger partial charge in [0.1, 0.15) is 0 Å². The standard InChI is InChI=1S/C22H23NO2.ClH/c1-15-13-19(18-9-5-6-10-20(18)23-15)16-11-12-21(24-2)22(14-16)25-17-7-3-4-8-17;/h5-6,9-14,17H,3-4,7-8H2,1-2H3;1H. The van der Waals surface area contributed by atoms with Gasteiger partial charge >= 0.3 is 0 Å². The lowest BCUT2D eigenvalue weighted by Crippen LogP contribution is -2.11. The molecule has 0 amide bonds. The molecule has 1 aliphatic rings. The summed E-state index contributed by atoms with van der Waals surface area (Å²) in [5, 5.41) is 1.16. The van der Waals surface area contributed by atoms with Gasteiger partial charge in [-0.25, -0.2) is 0 Å². The van der Waals surface area contributed by atoms with E-state index in [0.717, 1.165) is 46.5 Å². The van der Waals surface area contributed by atoms with E-state index in [1.54, 1.807) is 7.11 Å². The molecule has 0 spiro atoms. The van der Waals surface area contributed by atoms with Crippen molar-refractivity contribution < 1.29 is 9.47 Å². The molecule has 4 rings (SSSR count). The molecular formula is C22H24ClNO2. The van der Waals surface area contributed by atoms with E-state index >= 15 is 0 Å². The number of fused-ring (bicyclic) bond motifs is 1. The Morgan fingerprint density at radius 3 is 2.50 bits per heavy atom. The second-order valence-corrected chi connectivity index (χ2v) is 6.72. The van der Waals surface area contributed by atoms with Gasteiger partial charge in [0.15, 0.2) is 11.5 Å². The van der Waals surface area contributed by atoms with Crippen molar-refractivity contribution in [3.63, 3.8) is 0 Å². The summed E-state index contributed by atoms with van der Waals surface area (Å²) in [5.41, 5.74) is 4.35. The van der Waals surface area contributed by atoms with E-state index in [4.69, 9.17) is 9.47 Å². The third kappa shape index (κ3) is 3.63. The highest BCUT2D eigenvalue weighted by Crippen LogP contribution is 2.37. The molecule has 0 bridgehead atoms. The molecule has 0 aliphatic heterocycles. The third-order valence-corrected chi connectivity index (χ3v) is 4.91. The second-order valence-electron chi connectivity index (χ2n) is 6.72. The van der Waals surface area contributed by atoms with Crippen LogP contribution in [0.3, 0.4) is 0 Å². The Hall–Kier alpha value is -2.26. The van der Waals surface area contributed by atoms with Crippen LogP contribution in [-0.4, -0.2) is 18.2 Å². The number of rotatable bonds is 4. The Kier molecular flexibility index (Phi) is 5.67. The van der Waals surface area contributed by atoms with Crippen LogP contribution in [0.4, 0.5) is 0 Å². The van der Waals surface area contributed by atoms with Crippen molar-refractivity contribution in [1.82, 2.24) is 4.98 Å². The van der Waals surface area contributed by atoms with Crippen molar-refractivity contribution >= 4 is 23.3 Å². The fourth-order valence-electron chi connectivity index (χ4n) is 3.67. The SMILES string of the molecule is COc1ccc(-c2cc(C)nc3ccccc23)cc1OC1CCCC1.Cl. The van der Waals surface area contributed by atoms with Gasteiger partial charge in [0.05, 0.1) is 18.7 Å². The maximum absolute atomic E-state index is 6.26. The van der Waals surface area contributed by atoms with Gasteiger partial charge in [0.2, 0.25) is 0 Å². The predicted octanol–water partition coefficient (Wildman–Crippen LogP) is 5.96. The molecule has 1 heterocycles. The van der Waals surface area contributed by atoms with Crippen LogP contribution >= 0.6 is 12.4 Å². The van der Waals surface area contributed by atoms with E-state index in [-0.39, 0.29) is 12.4 Å². The summed E-state index contributed by atoms with van der Waals surface area (Å²) in [6.45, 7) is 2.04. The molecule has 1 saturated carbocycles. The average Bonchev–Trinajstić information content (AvgIpc) is 3.14. The zero-order chi connectivity index (χ0) is 17.2. The fraction of sp³-hybridized carbons (Fsp3) is 0.318. The maximum Gasteiger partial charge on any atom is 0.162 e. The van der Waals surface area contributed by atoms with Crippen LogP contribution in [0.25, 0.3) is 22.0 Å². The maximum atomic E-state index is 6.26. The summed E-state index contributed by atoms with van der Waals surface area (Å²) in [6.07, 6.45) is 5.07. The quantitative estimate of drug-likeness (QED) is 0.568. The van der Waals surface area contributed by atoms with Gasteiger partial charge in [0, 0.05) is 11.1 Å². The summed E-state index contributed by atoms with van der Waals surface area (Å²) in [4.78, 5) is 4.65. The van der Waals surface area contributed by atoms with Gasteiger partial charge in [-0.3, -0.25) is 4.98 Å². The van der Waals surface area contributed by atoms with Crippen LogP contribution in [0.5, 0.6) is 11.5 Å². The first kappa shape index (κ1) is 18.5. The molecule has 0 saturated heterocycles. The van der Waals surface area contributed by atoms with Gasteiger partial charge in [-0.2, -0.15) is 0 Å². The summed E-state index contributed by atoms with van der Waals surface area (Å²) in [6, 6.07) is 16.6. The molecular weight excluding hydrogens is 346 g/mol. The Bertz CT molecular complexity index is 904. The first-order valence-electron chi connectivity index (χ1n) is 8.96. The first-order valence-corrected chi connectivity index (χ1v) is 8.96. The Morgan fingerprint density at radius 1 is 0.962 bits per heavy atom. The molecule has 3 aromatic rings. The van der Waals surface area contributed by atoms with Crippen LogP contribution in [0.1, 0.15) is 31.4 Å². The van der Waals surface area contributed by atoms with E-state index in [0.29, 0.717) is 6.10 Å². The van der Waals surface area contributed by atoms with Crippen molar-refractivity contribution in [1.29, 1.82) is 0 Å². The first-order chi connectivity index (χ1) is 12.2. The van der Waals surface area contributed by atoms with Gasteiger partial charge in [-0.05, 0) is 68.0 Å². The fourth-order valence-corrected chi connectivity index (χ4v) is 3.67. The van der Waals surface area contributed by atoms with Crippen LogP contribution in [-0.2, 0) is 0 Å². The zero-order valence-electron chi connectivity index (χ0n) is 15.2. The number of nitrogens with zero attached hydrogens (tertiary/aromatic N) is 1. The second kappa shape index (κ2) is 7.96. The van der Waals surface area contributed by atoms with Crippen LogP contribution < -0.4 is 9.47 Å². The number of para-hydroxylation sites is 1. The van der Waals surface area contributed by atoms with Crippen molar-refractivity contribution in [2.45, 2.75) is 38.7 Å². The lowest BCUT2D eigenvalue weighted by molar-refractivity contribution is 0.201. The van der Waals surface area contributed by atoms with E-state index in [9.17, 15) is 0 Å². The van der Waals surface area contributed by atoms with Crippen molar-refractivity contribution in [2.75, 3.05) is 7.11 Å². The number of aromatic nitrogens is 1. The van der Waals surface area contributed by atoms with E-state index < -0.39 is 0 Å². The van der Waals surface area contributed by atoms with Crippen LogP contribution in [0.15, 0.2) is 48.5 Å². The summed E-state index contributed by atoms with van der Waals surface area (Å²) >= 11 is 0. The monoisotopic (exact) mass is 369 g/mol. The zero-order valence-corrected chi connectivity index (χ0v) is 16.0. The number of hydrogen-bond donors (Lipinski definition) is 0. The lowest BCUT2D eigenvalue weighted by atomic mass is 10.00. The number of ether oxygens (including phenoxy) is 2. The van der Waals surface area contributed by atoms with Crippen molar-refractivity contribution in [2.24, 2.45) is 0 Å². The van der Waals surface area contributed by atoms with Gasteiger partial charge in [-0.1, -0.05) is 24.3 Å². The smallest absolute Gasteiger partial charge is 0.162 e. The highest BCUT2D eigenvalue weighted by molar-refractivity contribution is 5.95. The minimum absolute atomic E-state index is 0. The van der Waals surface area contributed by atoms with E-state index in [2.05, 4.69) is 41.4 Å². The van der Waals surface area contributed by atoms with Crippen LogP contribution in [0.2, 0.25) is 0 Å². The largest absolute Gasteiger partial charge is 0.493 e. The van der Waals surface area contributed by atoms with Crippen molar-refractivity contribution in [3.8, 4) is 22.6 Å². The number of halogens is 1. The minimum atomic E-state index is 0. The molecule has 1 fully saturated rings. The number of hydrogen-bond acceptors (Lipinski definition) is 3. The van der Waals surface area contributed by atoms with Gasteiger partial charge in [-0.15, -0.1) is 12.4 Å². The Balaban J connectivity index is 0.00000196. The van der Waals surface area contributed by atoms with Crippen LogP contribution in [0, 0.1) is 6.92 Å². The van der Waals surface area contributed by atoms with E-state index in [1.807, 2.05) is 19.1 Å². The molecule has 0 radical (unpaired) electrons. The predicted molar refractivity (Wildman–Crippen MR) is 109 cm³/mol. The van der Waals surface area contributed by atoms with E-state index in [1.165, 1.54) is 18.4 Å². The average molecular weight is 370 g/mol. The molecule has 2 aromatic carbocycles. The van der Waals surface area contributed by atoms with Gasteiger partial charge < -0.3 is 9.47 Å². The van der Waals surface area contributed by atoms with Crippen molar-refractivity contribution in [3.05, 3.63) is 54.2 Å². The minimum Gasteiger partial charge on any atom is -0.493 e. The molecule has 3 nitrogen and oxygen atoms in total. The normalized spacial score (nSPS) is 14.2. The molecule has 1 aliphatic carbocycles. The lowest BCUT2D eigenvalue weighted by Gasteiger charge is -2.17. The highest BCUT2D eigenvalue weighted by Gasteiger charge is 2.19. The Morgan fingerprint density at radius 2 is 1.73 bits per heavy atom. The molecule has 0 unspecified atom stereocenters. The number of benzene rings is 2. The summed E-state index contributed by atoms with van der Waals surface area (Å²) in [7, 11) is 1.70. The summed E-state index contributed by atoms with van der Waals surface area (Å²) in [5.74, 6) is 1.64. The number of aryl methyl sites for hydroxylation is 1. The molecule has 136 valence electrons. The molecule has 0 atom stereocenters. The molecule has 1 aromatic heterocycles. The number of methoxy groups -OCH3 is 1. The molecule has 0 N–H and O–H groups in total. The third-order valence-electron chi connectivity index (χ3n) is 4.91. The topological polar surface area (TPSA) is 31.4 Å².